The predicted octanol–water partition coefficient (Wildman–Crippen LogP) is 9.83. The molecule has 0 unspecified atom stereocenters. The van der Waals surface area contributed by atoms with Gasteiger partial charge in [-0.25, -0.2) is 0 Å². The molecule has 0 amide bonds. The maximum absolute atomic E-state index is 5.21. The van der Waals surface area contributed by atoms with Gasteiger partial charge in [0.15, 0.2) is 0 Å². The Morgan fingerprint density at radius 3 is 0.838 bits per heavy atom. The fourth-order valence-electron chi connectivity index (χ4n) is 2.68. The van der Waals surface area contributed by atoms with E-state index in [1.54, 1.807) is 0 Å². The quantitative estimate of drug-likeness (QED) is 0.162. The van der Waals surface area contributed by atoms with Crippen LogP contribution in [0.4, 0.5) is 0 Å². The van der Waals surface area contributed by atoms with Crippen LogP contribution in [0.2, 0.25) is 54.4 Å². The van der Waals surface area contributed by atoms with Gasteiger partial charge in [0, 0.05) is 0 Å². The number of rotatable bonds is 14. The van der Waals surface area contributed by atoms with Gasteiger partial charge in [0.2, 0.25) is 0 Å². The maximum Gasteiger partial charge on any atom is 4.00 e. The molecular formula is C28H67N5Si3Th. The Hall–Kier alpha value is 1.78. The Morgan fingerprint density at radius 1 is 0.486 bits per heavy atom. The fraction of sp³-hybridized carbons (Fsp3) is 1.00. The molecule has 0 aliphatic rings. The zero-order valence-corrected chi connectivity index (χ0v) is 35.5. The molecule has 0 saturated heterocycles. The van der Waals surface area contributed by atoms with Crippen LogP contribution in [0, 0.1) is 39.9 Å². The van der Waals surface area contributed by atoms with Crippen molar-refractivity contribution < 1.29 is 39.9 Å². The third kappa shape index (κ3) is 18.0. The summed E-state index contributed by atoms with van der Waals surface area (Å²) in [6, 6.07) is 0. The summed E-state index contributed by atoms with van der Waals surface area (Å²) in [6.07, 6.45) is 0. The van der Waals surface area contributed by atoms with Crippen molar-refractivity contribution in [3.05, 3.63) is 20.3 Å². The molecular weight excluding hydrogens is 723 g/mol. The van der Waals surface area contributed by atoms with E-state index in [4.69, 9.17) is 14.9 Å². The molecule has 0 radical (unpaired) electrons. The summed E-state index contributed by atoms with van der Waals surface area (Å²) in [6.45, 7) is 47.4. The minimum absolute atomic E-state index is 0. The molecule has 0 aromatic carbocycles. The van der Waals surface area contributed by atoms with E-state index in [0.29, 0.717) is 15.1 Å². The Labute approximate surface area is 270 Å². The Balaban J connectivity index is -0.00000174. The molecule has 220 valence electrons. The van der Waals surface area contributed by atoms with Crippen molar-refractivity contribution in [2.24, 2.45) is 0 Å². The van der Waals surface area contributed by atoms with E-state index in [1.807, 2.05) is 13.8 Å². The molecule has 0 aromatic rings. The van der Waals surface area contributed by atoms with Crippen molar-refractivity contribution in [3.63, 3.8) is 0 Å². The first-order chi connectivity index (χ1) is 15.9. The van der Waals surface area contributed by atoms with Crippen LogP contribution in [0.1, 0.15) is 76.2 Å². The van der Waals surface area contributed by atoms with Gasteiger partial charge in [-0.2, -0.15) is 13.1 Å². The van der Waals surface area contributed by atoms with Crippen LogP contribution in [0.15, 0.2) is 0 Å². The van der Waals surface area contributed by atoms with Gasteiger partial charge in [-0.15, -0.1) is 19.6 Å². The van der Waals surface area contributed by atoms with Crippen LogP contribution in [0.5, 0.6) is 0 Å². The summed E-state index contributed by atoms with van der Waals surface area (Å²) in [4.78, 5) is 18.2. The Bertz CT molecular complexity index is 502. The summed E-state index contributed by atoms with van der Waals surface area (Å²) in [5.41, 5.74) is 0. The second-order valence-corrected chi connectivity index (χ2v) is 29.6. The molecule has 0 aliphatic heterocycles. The first kappa shape index (κ1) is 43.2. The minimum atomic E-state index is -1.58. The molecule has 0 aromatic heterocycles. The normalized spacial score (nSPS) is 13.8. The van der Waals surface area contributed by atoms with Crippen molar-refractivity contribution >= 4 is 24.7 Å². The fourth-order valence-corrected chi connectivity index (χ4v) is 6.08. The summed E-state index contributed by atoms with van der Waals surface area (Å²) in [5.74, 6) is 0. The van der Waals surface area contributed by atoms with E-state index in [1.165, 1.54) is 0 Å². The van der Waals surface area contributed by atoms with Crippen molar-refractivity contribution in [2.45, 2.75) is 131 Å². The molecule has 0 atom stereocenters. The first-order valence-corrected chi connectivity index (χ1v) is 23.2. The average Bonchev–Trinajstić information content (AvgIpc) is 2.65. The molecule has 0 aliphatic carbocycles. The number of nitrogens with zero attached hydrogens (tertiary/aromatic N) is 5. The van der Waals surface area contributed by atoms with Crippen LogP contribution in [0.3, 0.4) is 0 Å². The van der Waals surface area contributed by atoms with Gasteiger partial charge in [-0.1, -0.05) is 155 Å². The van der Waals surface area contributed by atoms with E-state index < -0.39 is 24.7 Å². The van der Waals surface area contributed by atoms with Gasteiger partial charge in [-0.05, 0) is 19.6 Å². The molecule has 0 N–H and O–H groups in total. The summed E-state index contributed by atoms with van der Waals surface area (Å²) >= 11 is 0. The van der Waals surface area contributed by atoms with Gasteiger partial charge in [0.05, 0.1) is 0 Å². The Morgan fingerprint density at radius 2 is 0.703 bits per heavy atom. The van der Waals surface area contributed by atoms with E-state index in [-0.39, 0.29) is 39.9 Å². The SMILES string of the molecule is CC(C)(C)[Si](C)(C)[N-]CCN(CC[N-][Si](C)(C)C(C)(C)C)CC[N-][Si](C)(C)C(C)(C)C.CC[N-]CC.[Th+4]. The third-order valence-electron chi connectivity index (χ3n) is 8.72. The van der Waals surface area contributed by atoms with E-state index in [2.05, 4.69) is 112 Å². The molecule has 0 saturated carbocycles. The largest absolute Gasteiger partial charge is 4.00 e. The van der Waals surface area contributed by atoms with Gasteiger partial charge in [0.25, 0.3) is 0 Å². The average molecular weight is 790 g/mol. The first-order valence-electron chi connectivity index (χ1n) is 14.4. The summed E-state index contributed by atoms with van der Waals surface area (Å²) in [7, 11) is -4.74. The molecule has 9 heteroatoms. The standard InChI is InChI=1S/C24H57N4Si3.C4H10N.Th/c1-22(2,3)29(10,11)25-16-19-28(20-17-26-30(12,13)23(4,5)6)21-18-27-31(14,15)24(7,8)9;1-3-5-4-2;/h16-21H2,1-15H3;3-4H2,1-2H3;/q-3;-1;+4. The minimum Gasteiger partial charge on any atom is -0.663 e. The molecule has 5 nitrogen and oxygen atoms in total. The van der Waals surface area contributed by atoms with Crippen molar-refractivity contribution in [3.8, 4) is 0 Å². The van der Waals surface area contributed by atoms with E-state index in [9.17, 15) is 0 Å². The monoisotopic (exact) mass is 790 g/mol. The number of hydrogen-bond acceptors (Lipinski definition) is 1. The molecule has 0 rings (SSSR count). The van der Waals surface area contributed by atoms with E-state index >= 15 is 0 Å². The van der Waals surface area contributed by atoms with Crippen LogP contribution in [0.25, 0.3) is 20.3 Å². The molecule has 0 spiro atoms. The summed E-state index contributed by atoms with van der Waals surface area (Å²) in [5, 5.41) is 4.91. The van der Waals surface area contributed by atoms with Crippen LogP contribution < -0.4 is 0 Å². The van der Waals surface area contributed by atoms with Gasteiger partial charge < -0.3 is 25.2 Å². The smallest absolute Gasteiger partial charge is 0.663 e. The maximum atomic E-state index is 5.21. The predicted molar refractivity (Wildman–Crippen MR) is 177 cm³/mol. The van der Waals surface area contributed by atoms with Gasteiger partial charge in [-0.3, -0.25) is 0 Å². The van der Waals surface area contributed by atoms with Crippen LogP contribution >= 0.6 is 0 Å². The van der Waals surface area contributed by atoms with Crippen LogP contribution in [-0.4, -0.2) is 82.0 Å². The van der Waals surface area contributed by atoms with Crippen molar-refractivity contribution in [1.29, 1.82) is 0 Å². The zero-order chi connectivity index (χ0) is 29.1. The second kappa shape index (κ2) is 18.3. The van der Waals surface area contributed by atoms with Crippen molar-refractivity contribution in [2.75, 3.05) is 52.4 Å². The third-order valence-corrected chi connectivity index (χ3v) is 22.8. The van der Waals surface area contributed by atoms with Gasteiger partial charge in [0.1, 0.15) is 0 Å². The number of hydrogen-bond donors (Lipinski definition) is 0. The summed E-state index contributed by atoms with van der Waals surface area (Å²) < 4.78 is 0. The van der Waals surface area contributed by atoms with E-state index in [0.717, 1.165) is 52.4 Å². The molecule has 37 heavy (non-hydrogen) atoms. The topological polar surface area (TPSA) is 59.6 Å². The molecule has 0 fully saturated rings. The molecule has 0 bridgehead atoms. The van der Waals surface area contributed by atoms with Crippen LogP contribution in [-0.2, 0) is 0 Å². The molecule has 0 heterocycles. The second-order valence-electron chi connectivity index (χ2n) is 14.8. The zero-order valence-electron chi connectivity index (χ0n) is 28.4. The van der Waals surface area contributed by atoms with Crippen molar-refractivity contribution in [1.82, 2.24) is 4.90 Å². The Kier molecular flexibility index (Phi) is 21.4. The van der Waals surface area contributed by atoms with Gasteiger partial charge >= 0.3 is 39.9 Å².